The second-order valence-corrected chi connectivity index (χ2v) is 10.8. The van der Waals surface area contributed by atoms with Crippen molar-refractivity contribution in [2.75, 3.05) is 23.9 Å². The minimum atomic E-state index is -4.06. The van der Waals surface area contributed by atoms with Crippen LogP contribution in [0.25, 0.3) is 0 Å². The highest BCUT2D eigenvalue weighted by atomic mass is 32.2. The summed E-state index contributed by atoms with van der Waals surface area (Å²) in [6, 6.07) is 22.4. The molecule has 3 aromatic rings. The number of hydrogen-bond acceptors (Lipinski definition) is 4. The summed E-state index contributed by atoms with van der Waals surface area (Å²) in [5.41, 5.74) is 3.13. The van der Waals surface area contributed by atoms with Gasteiger partial charge in [0, 0.05) is 13.1 Å². The third-order valence-electron chi connectivity index (χ3n) is 6.46. The van der Waals surface area contributed by atoms with Gasteiger partial charge in [0.2, 0.25) is 11.8 Å². The summed E-state index contributed by atoms with van der Waals surface area (Å²) in [6.07, 6.45) is 0.533. The number of nitrogens with one attached hydrogen (secondary N) is 1. The van der Waals surface area contributed by atoms with Gasteiger partial charge in [-0.1, -0.05) is 60.7 Å². The maximum absolute atomic E-state index is 13.8. The van der Waals surface area contributed by atoms with Gasteiger partial charge >= 0.3 is 0 Å². The molecule has 3 rings (SSSR count). The van der Waals surface area contributed by atoms with Crippen LogP contribution in [0.15, 0.2) is 83.8 Å². The second-order valence-electron chi connectivity index (χ2n) is 8.94. The number of rotatable bonds is 11. The minimum Gasteiger partial charge on any atom is -0.355 e. The molecule has 3 aromatic carbocycles. The number of carbonyl (C=O) groups excluding carboxylic acids is 2. The zero-order valence-corrected chi connectivity index (χ0v) is 22.7. The van der Waals surface area contributed by atoms with E-state index in [1.165, 1.54) is 17.0 Å². The number of benzene rings is 3. The normalized spacial score (nSPS) is 12.0. The van der Waals surface area contributed by atoms with Crippen LogP contribution in [0, 0.1) is 13.8 Å². The van der Waals surface area contributed by atoms with Gasteiger partial charge in [-0.25, -0.2) is 8.42 Å². The molecule has 0 aliphatic rings. The van der Waals surface area contributed by atoms with Crippen LogP contribution in [-0.4, -0.2) is 50.8 Å². The van der Waals surface area contributed by atoms with Crippen molar-refractivity contribution < 1.29 is 18.0 Å². The van der Waals surface area contributed by atoms with E-state index in [-0.39, 0.29) is 17.3 Å². The van der Waals surface area contributed by atoms with Crippen molar-refractivity contribution >= 4 is 27.5 Å². The van der Waals surface area contributed by atoms with Crippen LogP contribution >= 0.6 is 0 Å². The summed E-state index contributed by atoms with van der Waals surface area (Å²) < 4.78 is 28.8. The van der Waals surface area contributed by atoms with E-state index in [1.807, 2.05) is 57.2 Å². The molecule has 0 radical (unpaired) electrons. The number of likely N-dealkylation sites (N-methyl/N-ethyl adjacent to an activating group) is 1. The van der Waals surface area contributed by atoms with Crippen molar-refractivity contribution in [2.45, 2.75) is 45.1 Å². The first kappa shape index (κ1) is 27.9. The molecule has 0 saturated carbocycles. The number of hydrogen-bond donors (Lipinski definition) is 1. The molecule has 0 fully saturated rings. The monoisotopic (exact) mass is 521 g/mol. The van der Waals surface area contributed by atoms with Crippen LogP contribution < -0.4 is 9.62 Å². The summed E-state index contributed by atoms with van der Waals surface area (Å²) in [4.78, 5) is 28.1. The predicted octanol–water partition coefficient (Wildman–Crippen LogP) is 4.09. The summed E-state index contributed by atoms with van der Waals surface area (Å²) in [6.45, 7) is 7.50. The Morgan fingerprint density at radius 2 is 1.51 bits per heavy atom. The van der Waals surface area contributed by atoms with E-state index < -0.39 is 28.5 Å². The van der Waals surface area contributed by atoms with E-state index in [0.29, 0.717) is 18.7 Å². The molecular weight excluding hydrogens is 486 g/mol. The van der Waals surface area contributed by atoms with Gasteiger partial charge in [0.15, 0.2) is 0 Å². The van der Waals surface area contributed by atoms with Crippen molar-refractivity contribution in [1.29, 1.82) is 0 Å². The first-order valence-corrected chi connectivity index (χ1v) is 13.9. The van der Waals surface area contributed by atoms with Gasteiger partial charge in [-0.3, -0.25) is 13.9 Å². The summed E-state index contributed by atoms with van der Waals surface area (Å²) in [5.74, 6) is -0.733. The SMILES string of the molecule is CCNC(=O)[C@@H](C)N(CCc1ccccc1)C(=O)CN(c1cccc(C)c1C)S(=O)(=O)c1ccccc1. The van der Waals surface area contributed by atoms with E-state index in [0.717, 1.165) is 21.0 Å². The van der Waals surface area contributed by atoms with Crippen molar-refractivity contribution in [1.82, 2.24) is 10.2 Å². The van der Waals surface area contributed by atoms with E-state index in [1.54, 1.807) is 37.3 Å². The molecule has 0 unspecified atom stereocenters. The molecule has 0 spiro atoms. The molecule has 0 heterocycles. The van der Waals surface area contributed by atoms with Crippen molar-refractivity contribution in [2.24, 2.45) is 0 Å². The van der Waals surface area contributed by atoms with Crippen molar-refractivity contribution in [3.63, 3.8) is 0 Å². The zero-order valence-electron chi connectivity index (χ0n) is 21.8. The number of nitrogens with zero attached hydrogens (tertiary/aromatic N) is 2. The quantitative estimate of drug-likeness (QED) is 0.412. The summed E-state index contributed by atoms with van der Waals surface area (Å²) in [7, 11) is -4.06. The van der Waals surface area contributed by atoms with Crippen LogP contribution in [-0.2, 0) is 26.0 Å². The van der Waals surface area contributed by atoms with E-state index in [9.17, 15) is 18.0 Å². The van der Waals surface area contributed by atoms with Crippen molar-refractivity contribution in [3.8, 4) is 0 Å². The molecule has 37 heavy (non-hydrogen) atoms. The molecule has 0 bridgehead atoms. The first-order chi connectivity index (χ1) is 17.7. The first-order valence-electron chi connectivity index (χ1n) is 12.4. The fourth-order valence-corrected chi connectivity index (χ4v) is 5.62. The molecule has 0 aliphatic heterocycles. The summed E-state index contributed by atoms with van der Waals surface area (Å²) >= 11 is 0. The van der Waals surface area contributed by atoms with Gasteiger partial charge in [-0.15, -0.1) is 0 Å². The fraction of sp³-hybridized carbons (Fsp3) is 0.310. The number of carbonyl (C=O) groups is 2. The van der Waals surface area contributed by atoms with Gasteiger partial charge < -0.3 is 10.2 Å². The average molecular weight is 522 g/mol. The Labute approximate surface area is 220 Å². The average Bonchev–Trinajstić information content (AvgIpc) is 2.90. The highest BCUT2D eigenvalue weighted by molar-refractivity contribution is 7.92. The molecular formula is C29H35N3O4S. The number of aryl methyl sites for hydroxylation is 1. The lowest BCUT2D eigenvalue weighted by molar-refractivity contribution is -0.138. The summed E-state index contributed by atoms with van der Waals surface area (Å²) in [5, 5.41) is 2.77. The van der Waals surface area contributed by atoms with Crippen LogP contribution in [0.4, 0.5) is 5.69 Å². The highest BCUT2D eigenvalue weighted by Crippen LogP contribution is 2.29. The lowest BCUT2D eigenvalue weighted by Crippen LogP contribution is -2.52. The molecule has 0 saturated heterocycles. The van der Waals surface area contributed by atoms with Crippen molar-refractivity contribution in [3.05, 3.63) is 95.6 Å². The third-order valence-corrected chi connectivity index (χ3v) is 8.23. The molecule has 2 amide bonds. The Hall–Kier alpha value is -3.65. The molecule has 7 nitrogen and oxygen atoms in total. The van der Waals surface area contributed by atoms with Gasteiger partial charge in [0.1, 0.15) is 12.6 Å². The number of amides is 2. The van der Waals surface area contributed by atoms with E-state index in [2.05, 4.69) is 5.32 Å². The standard InChI is InChI=1S/C29H35N3O4S/c1-5-30-29(34)24(4)31(20-19-25-14-8-6-9-15-25)28(33)21-32(27-18-12-13-22(2)23(27)3)37(35,36)26-16-10-7-11-17-26/h6-18,24H,5,19-21H2,1-4H3,(H,30,34)/t24-/m1/s1. The van der Waals surface area contributed by atoms with Gasteiger partial charge in [0.25, 0.3) is 10.0 Å². The third kappa shape index (κ3) is 6.77. The van der Waals surface area contributed by atoms with E-state index in [4.69, 9.17) is 0 Å². The molecule has 1 N–H and O–H groups in total. The Morgan fingerprint density at radius 3 is 2.14 bits per heavy atom. The van der Waals surface area contributed by atoms with Gasteiger partial charge in [-0.2, -0.15) is 0 Å². The fourth-order valence-electron chi connectivity index (χ4n) is 4.13. The Balaban J connectivity index is 2.00. The number of anilines is 1. The maximum Gasteiger partial charge on any atom is 0.264 e. The molecule has 0 aromatic heterocycles. The molecule has 8 heteroatoms. The smallest absolute Gasteiger partial charge is 0.264 e. The molecule has 0 aliphatic carbocycles. The van der Waals surface area contributed by atoms with Crippen LogP contribution in [0.3, 0.4) is 0 Å². The maximum atomic E-state index is 13.8. The van der Waals surface area contributed by atoms with Crippen LogP contribution in [0.5, 0.6) is 0 Å². The Kier molecular flexibility index (Phi) is 9.47. The molecule has 1 atom stereocenters. The lowest BCUT2D eigenvalue weighted by Gasteiger charge is -2.32. The molecule has 196 valence electrons. The van der Waals surface area contributed by atoms with Gasteiger partial charge in [-0.05, 0) is 69.0 Å². The number of sulfonamides is 1. The van der Waals surface area contributed by atoms with Crippen LogP contribution in [0.1, 0.15) is 30.5 Å². The van der Waals surface area contributed by atoms with E-state index >= 15 is 0 Å². The Bertz CT molecular complexity index is 1310. The highest BCUT2D eigenvalue weighted by Gasteiger charge is 2.32. The predicted molar refractivity (Wildman–Crippen MR) is 147 cm³/mol. The largest absolute Gasteiger partial charge is 0.355 e. The van der Waals surface area contributed by atoms with Gasteiger partial charge in [0.05, 0.1) is 10.6 Å². The Morgan fingerprint density at radius 1 is 0.892 bits per heavy atom. The zero-order chi connectivity index (χ0) is 27.0. The topological polar surface area (TPSA) is 86.8 Å². The van der Waals surface area contributed by atoms with Crippen LogP contribution in [0.2, 0.25) is 0 Å². The lowest BCUT2D eigenvalue weighted by atomic mass is 10.1. The second kappa shape index (κ2) is 12.5. The minimum absolute atomic E-state index is 0.0938.